The van der Waals surface area contributed by atoms with Crippen molar-refractivity contribution in [1.29, 1.82) is 0 Å². The fourth-order valence-electron chi connectivity index (χ4n) is 6.15. The number of aromatic nitrogens is 1. The van der Waals surface area contributed by atoms with Crippen molar-refractivity contribution in [2.45, 2.75) is 57.1 Å². The molecule has 0 aliphatic carbocycles. The lowest BCUT2D eigenvalue weighted by molar-refractivity contribution is -0.389. The zero-order valence-corrected chi connectivity index (χ0v) is 27.6. The van der Waals surface area contributed by atoms with Crippen LogP contribution in [0.5, 0.6) is 11.5 Å². The molecule has 1 N–H and O–H groups in total. The number of carbonyl (C=O) groups excluding carboxylic acids is 3. The normalized spacial score (nSPS) is 20.1. The van der Waals surface area contributed by atoms with Crippen LogP contribution >= 0.6 is 0 Å². The molecule has 0 bridgehead atoms. The van der Waals surface area contributed by atoms with Gasteiger partial charge in [0.05, 0.1) is 11.9 Å². The highest BCUT2D eigenvalue weighted by Crippen LogP contribution is 2.53. The van der Waals surface area contributed by atoms with E-state index in [1.165, 1.54) is 42.3 Å². The lowest BCUT2D eigenvalue weighted by Crippen LogP contribution is -2.56. The molecule has 1 atom stereocenters. The molecule has 4 heterocycles. The third-order valence-electron chi connectivity index (χ3n) is 8.88. The fourth-order valence-corrected chi connectivity index (χ4v) is 6.15. The van der Waals surface area contributed by atoms with E-state index in [0.717, 1.165) is 17.0 Å². The molecular formula is C33H37F6N5O6. The highest BCUT2D eigenvalue weighted by atomic mass is 19.4. The molecule has 0 radical (unpaired) electrons. The highest BCUT2D eigenvalue weighted by molar-refractivity contribution is 6.09. The first-order valence-electron chi connectivity index (χ1n) is 16.0. The second-order valence-electron chi connectivity index (χ2n) is 12.2. The van der Waals surface area contributed by atoms with Gasteiger partial charge in [0.1, 0.15) is 19.8 Å². The second kappa shape index (κ2) is 14.0. The van der Waals surface area contributed by atoms with Crippen molar-refractivity contribution in [1.82, 2.24) is 20.1 Å². The third-order valence-corrected chi connectivity index (χ3v) is 8.88. The average molecular weight is 714 g/mol. The number of allylic oxidation sites excluding steroid dienone is 1. The van der Waals surface area contributed by atoms with Crippen molar-refractivity contribution in [2.75, 3.05) is 57.4 Å². The van der Waals surface area contributed by atoms with Gasteiger partial charge in [0.25, 0.3) is 11.5 Å². The van der Waals surface area contributed by atoms with E-state index in [4.69, 9.17) is 9.47 Å². The topological polar surface area (TPSA) is 114 Å². The van der Waals surface area contributed by atoms with E-state index < -0.39 is 60.1 Å². The van der Waals surface area contributed by atoms with Crippen LogP contribution in [-0.2, 0) is 25.5 Å². The Morgan fingerprint density at radius 3 is 2.30 bits per heavy atom. The van der Waals surface area contributed by atoms with Crippen LogP contribution in [0.1, 0.15) is 50.4 Å². The Labute approximate surface area is 284 Å². The van der Waals surface area contributed by atoms with Crippen LogP contribution in [-0.4, -0.2) is 97.5 Å². The van der Waals surface area contributed by atoms with Gasteiger partial charge in [0, 0.05) is 50.1 Å². The van der Waals surface area contributed by atoms with Gasteiger partial charge in [-0.1, -0.05) is 31.6 Å². The first-order valence-corrected chi connectivity index (χ1v) is 16.0. The number of anilines is 1. The van der Waals surface area contributed by atoms with Gasteiger partial charge in [-0.3, -0.25) is 19.5 Å². The molecule has 0 saturated carbocycles. The number of alkyl halides is 6. The number of imide groups is 1. The van der Waals surface area contributed by atoms with E-state index in [-0.39, 0.29) is 43.9 Å². The van der Waals surface area contributed by atoms with Gasteiger partial charge in [-0.15, -0.1) is 0 Å². The lowest BCUT2D eigenvalue weighted by atomic mass is 9.89. The molecule has 1 aromatic carbocycles. The Hall–Kier alpha value is -4.54. The van der Waals surface area contributed by atoms with Crippen LogP contribution in [0, 0.1) is 0 Å². The molecule has 4 amide bonds. The zero-order valence-electron chi connectivity index (χ0n) is 27.6. The summed E-state index contributed by atoms with van der Waals surface area (Å²) in [7, 11) is 0. The first-order chi connectivity index (χ1) is 23.6. The molecule has 272 valence electrons. The van der Waals surface area contributed by atoms with Gasteiger partial charge in [0.15, 0.2) is 17.0 Å². The Bertz CT molecular complexity index is 1630. The molecule has 11 nitrogen and oxygen atoms in total. The molecule has 50 heavy (non-hydrogen) atoms. The molecule has 1 unspecified atom stereocenters. The number of urea groups is 1. The predicted molar refractivity (Wildman–Crippen MR) is 167 cm³/mol. The molecule has 3 aliphatic rings. The number of hydrogen-bond acceptors (Lipinski definition) is 8. The van der Waals surface area contributed by atoms with Crippen LogP contribution in [0.15, 0.2) is 36.5 Å². The summed E-state index contributed by atoms with van der Waals surface area (Å²) in [4.78, 5) is 47.9. The molecule has 2 aromatic rings. The summed E-state index contributed by atoms with van der Waals surface area (Å²) in [6.07, 6.45) is -6.97. The summed E-state index contributed by atoms with van der Waals surface area (Å²) in [5, 5.41) is 2.60. The Kier molecular flexibility index (Phi) is 10.3. The maximum absolute atomic E-state index is 14.3. The van der Waals surface area contributed by atoms with Gasteiger partial charge in [-0.25, -0.2) is 4.79 Å². The standard InChI is InChI=1S/C33H37F6N5O6/c1-4-6-14-50-31(32(34,35)36,33(37,38)39)22-8-9-23(21(17-22)7-5-2)42-10-12-43(13-11-42)27(45)20-44-28(46)30(3,41-29(44)47)26-18-24-25(19-40-26)49-16-15-48-24/h5,7-9,17-19H,4,6,10-16,20H2,1-3H3,(H,41,47). The van der Waals surface area contributed by atoms with E-state index in [0.29, 0.717) is 36.8 Å². The average Bonchev–Trinajstić information content (AvgIpc) is 3.29. The van der Waals surface area contributed by atoms with Crippen molar-refractivity contribution < 1.29 is 54.9 Å². The third kappa shape index (κ3) is 6.66. The number of unbranched alkanes of at least 4 members (excludes halogenated alkanes) is 1. The molecular weight excluding hydrogens is 676 g/mol. The van der Waals surface area contributed by atoms with Crippen molar-refractivity contribution in [3.8, 4) is 11.5 Å². The number of carbonyl (C=O) groups is 3. The van der Waals surface area contributed by atoms with Crippen LogP contribution in [0.4, 0.5) is 36.8 Å². The van der Waals surface area contributed by atoms with Crippen molar-refractivity contribution in [2.24, 2.45) is 0 Å². The molecule has 17 heteroatoms. The monoisotopic (exact) mass is 713 g/mol. The zero-order chi connectivity index (χ0) is 36.5. The molecule has 0 spiro atoms. The van der Waals surface area contributed by atoms with Crippen LogP contribution < -0.4 is 19.7 Å². The number of rotatable bonds is 10. The smallest absolute Gasteiger partial charge is 0.430 e. The van der Waals surface area contributed by atoms with E-state index in [2.05, 4.69) is 15.0 Å². The summed E-state index contributed by atoms with van der Waals surface area (Å²) < 4.78 is 101. The largest absolute Gasteiger partial charge is 0.486 e. The number of amides is 4. The van der Waals surface area contributed by atoms with E-state index in [1.807, 2.05) is 0 Å². The minimum absolute atomic E-state index is 0.00369. The number of nitrogens with one attached hydrogen (secondary N) is 1. The van der Waals surface area contributed by atoms with Crippen LogP contribution in [0.3, 0.4) is 0 Å². The van der Waals surface area contributed by atoms with Crippen molar-refractivity contribution in [3.05, 3.63) is 53.4 Å². The number of fused-ring (bicyclic) bond motifs is 1. The molecule has 2 fully saturated rings. The van der Waals surface area contributed by atoms with Crippen molar-refractivity contribution in [3.63, 3.8) is 0 Å². The summed E-state index contributed by atoms with van der Waals surface area (Å²) in [6.45, 7) is 4.56. The van der Waals surface area contributed by atoms with Crippen LogP contribution in [0.25, 0.3) is 6.08 Å². The summed E-state index contributed by atoms with van der Waals surface area (Å²) in [5.41, 5.74) is -6.52. The molecule has 3 aliphatic heterocycles. The Morgan fingerprint density at radius 2 is 1.68 bits per heavy atom. The second-order valence-corrected chi connectivity index (χ2v) is 12.2. The van der Waals surface area contributed by atoms with Crippen molar-refractivity contribution >= 4 is 29.6 Å². The number of ether oxygens (including phenoxy) is 3. The van der Waals surface area contributed by atoms with Gasteiger partial charge < -0.3 is 29.3 Å². The van der Waals surface area contributed by atoms with Gasteiger partial charge in [-0.05, 0) is 38.0 Å². The summed E-state index contributed by atoms with van der Waals surface area (Å²) >= 11 is 0. The van der Waals surface area contributed by atoms with E-state index >= 15 is 0 Å². The minimum Gasteiger partial charge on any atom is -0.486 e. The SMILES string of the molecule is CC=Cc1cc(C(OCCCC)(C(F)(F)F)C(F)(F)F)ccc1N1CCN(C(=O)CN2C(=O)NC(C)(c3cc4c(cn3)OCCO4)C2=O)CC1. The summed E-state index contributed by atoms with van der Waals surface area (Å²) in [6, 6.07) is 3.52. The lowest BCUT2D eigenvalue weighted by Gasteiger charge is -2.39. The van der Waals surface area contributed by atoms with Gasteiger partial charge in [-0.2, -0.15) is 26.3 Å². The fraction of sp³-hybridized carbons (Fsp3) is 0.515. The first kappa shape index (κ1) is 36.7. The maximum atomic E-state index is 14.3. The van der Waals surface area contributed by atoms with Crippen LogP contribution in [0.2, 0.25) is 0 Å². The Balaban J connectivity index is 1.29. The number of benzene rings is 1. The number of halogens is 6. The minimum atomic E-state index is -5.80. The Morgan fingerprint density at radius 1 is 1.02 bits per heavy atom. The number of nitrogens with zero attached hydrogens (tertiary/aromatic N) is 4. The highest BCUT2D eigenvalue weighted by Gasteiger charge is 2.73. The van der Waals surface area contributed by atoms with E-state index in [1.54, 1.807) is 18.7 Å². The molecule has 5 rings (SSSR count). The van der Waals surface area contributed by atoms with Gasteiger partial charge in [0.2, 0.25) is 5.91 Å². The van der Waals surface area contributed by atoms with E-state index in [9.17, 15) is 40.7 Å². The number of piperazine rings is 1. The molecule has 2 saturated heterocycles. The maximum Gasteiger partial charge on any atom is 0.430 e. The van der Waals surface area contributed by atoms with Gasteiger partial charge >= 0.3 is 18.4 Å². The quantitative estimate of drug-likeness (QED) is 0.205. The summed E-state index contributed by atoms with van der Waals surface area (Å²) in [5.74, 6) is -0.458. The molecule has 1 aromatic heterocycles. The number of pyridine rings is 1. The predicted octanol–water partition coefficient (Wildman–Crippen LogP) is 5.14. The number of hydrogen-bond donors (Lipinski definition) is 1.